The molecule has 2 unspecified atom stereocenters. The summed E-state index contributed by atoms with van der Waals surface area (Å²) in [6, 6.07) is 0.363. The highest BCUT2D eigenvalue weighted by molar-refractivity contribution is 5.78. The summed E-state index contributed by atoms with van der Waals surface area (Å²) >= 11 is 0. The third-order valence-corrected chi connectivity index (χ3v) is 1.37. The second kappa shape index (κ2) is 2.33. The molecular formula is C5H11N3O. The van der Waals surface area contributed by atoms with Crippen LogP contribution in [0.2, 0.25) is 0 Å². The fourth-order valence-corrected chi connectivity index (χ4v) is 0.646. The first-order valence-electron chi connectivity index (χ1n) is 2.99. The molecular weight excluding hydrogens is 118 g/mol. The van der Waals surface area contributed by atoms with Gasteiger partial charge in [-0.05, 0) is 6.42 Å². The Morgan fingerprint density at radius 3 is 2.67 bits per heavy atom. The van der Waals surface area contributed by atoms with Crippen LogP contribution in [0.3, 0.4) is 0 Å². The van der Waals surface area contributed by atoms with Gasteiger partial charge in [0.2, 0.25) is 5.91 Å². The molecule has 1 saturated carbocycles. The van der Waals surface area contributed by atoms with Crippen molar-refractivity contribution < 1.29 is 4.79 Å². The van der Waals surface area contributed by atoms with Crippen LogP contribution in [0.25, 0.3) is 0 Å². The van der Waals surface area contributed by atoms with Crippen molar-refractivity contribution in [2.24, 2.45) is 11.5 Å². The molecule has 4 nitrogen and oxygen atoms in total. The van der Waals surface area contributed by atoms with Crippen molar-refractivity contribution in [3.63, 3.8) is 0 Å². The molecule has 0 aromatic heterocycles. The molecule has 1 rings (SSSR count). The predicted octanol–water partition coefficient (Wildman–Crippen LogP) is -1.84. The lowest BCUT2D eigenvalue weighted by Crippen LogP contribution is -2.34. The smallest absolute Gasteiger partial charge is 0.234 e. The van der Waals surface area contributed by atoms with Gasteiger partial charge in [0.25, 0.3) is 0 Å². The van der Waals surface area contributed by atoms with Crippen molar-refractivity contribution in [1.82, 2.24) is 5.32 Å². The average Bonchev–Trinajstić information content (AvgIpc) is 2.47. The van der Waals surface area contributed by atoms with E-state index in [0.29, 0.717) is 0 Å². The molecule has 1 aliphatic carbocycles. The molecule has 0 aliphatic heterocycles. The van der Waals surface area contributed by atoms with Gasteiger partial charge in [-0.1, -0.05) is 0 Å². The molecule has 0 aromatic rings. The standard InChI is InChI=1S/C5H11N3O/c6-2-5(9)8-4-1-3(4)7/h3-4H,1-2,6-7H2,(H,8,9). The van der Waals surface area contributed by atoms with Gasteiger partial charge in [0.05, 0.1) is 6.54 Å². The highest BCUT2D eigenvalue weighted by Gasteiger charge is 2.34. The molecule has 2 atom stereocenters. The van der Waals surface area contributed by atoms with Crippen molar-refractivity contribution in [2.45, 2.75) is 18.5 Å². The van der Waals surface area contributed by atoms with Crippen molar-refractivity contribution in [2.75, 3.05) is 6.54 Å². The molecule has 0 radical (unpaired) electrons. The quantitative estimate of drug-likeness (QED) is 0.410. The van der Waals surface area contributed by atoms with E-state index in [1.807, 2.05) is 0 Å². The van der Waals surface area contributed by atoms with Crippen LogP contribution in [0, 0.1) is 0 Å². The van der Waals surface area contributed by atoms with Gasteiger partial charge in [-0.3, -0.25) is 4.79 Å². The number of nitrogens with two attached hydrogens (primary N) is 2. The molecule has 52 valence electrons. The highest BCUT2D eigenvalue weighted by Crippen LogP contribution is 2.16. The summed E-state index contributed by atoms with van der Waals surface area (Å²) in [5, 5.41) is 2.66. The average molecular weight is 129 g/mol. The van der Waals surface area contributed by atoms with Crippen LogP contribution >= 0.6 is 0 Å². The van der Waals surface area contributed by atoms with Crippen LogP contribution in [0.4, 0.5) is 0 Å². The number of nitrogens with one attached hydrogen (secondary N) is 1. The van der Waals surface area contributed by atoms with Gasteiger partial charge in [0, 0.05) is 12.1 Å². The molecule has 4 heteroatoms. The number of carbonyl (C=O) groups is 1. The lowest BCUT2D eigenvalue weighted by molar-refractivity contribution is -0.119. The monoisotopic (exact) mass is 129 g/mol. The molecule has 0 aromatic carbocycles. The summed E-state index contributed by atoms with van der Waals surface area (Å²) in [6.07, 6.45) is 0.895. The fraction of sp³-hybridized carbons (Fsp3) is 0.800. The van der Waals surface area contributed by atoms with E-state index >= 15 is 0 Å². The van der Waals surface area contributed by atoms with E-state index in [1.165, 1.54) is 0 Å². The first kappa shape index (κ1) is 6.51. The SMILES string of the molecule is NCC(=O)NC1CC1N. The van der Waals surface area contributed by atoms with E-state index in [1.54, 1.807) is 0 Å². The van der Waals surface area contributed by atoms with Gasteiger partial charge < -0.3 is 16.8 Å². The zero-order valence-electron chi connectivity index (χ0n) is 5.13. The Hall–Kier alpha value is -0.610. The zero-order valence-corrected chi connectivity index (χ0v) is 5.13. The Morgan fingerprint density at radius 1 is 1.78 bits per heavy atom. The largest absolute Gasteiger partial charge is 0.351 e. The lowest BCUT2D eigenvalue weighted by atomic mass is 10.5. The minimum absolute atomic E-state index is 0.0587. The number of amides is 1. The Bertz CT molecular complexity index is 125. The number of hydrogen-bond acceptors (Lipinski definition) is 3. The molecule has 1 fully saturated rings. The van der Waals surface area contributed by atoms with Gasteiger partial charge in [-0.2, -0.15) is 0 Å². The minimum Gasteiger partial charge on any atom is -0.351 e. The summed E-state index contributed by atoms with van der Waals surface area (Å²) in [4.78, 5) is 10.5. The Labute approximate surface area is 53.6 Å². The summed E-state index contributed by atoms with van der Waals surface area (Å²) in [5.41, 5.74) is 10.5. The van der Waals surface area contributed by atoms with Gasteiger partial charge in [-0.25, -0.2) is 0 Å². The van der Waals surface area contributed by atoms with E-state index in [2.05, 4.69) is 5.32 Å². The van der Waals surface area contributed by atoms with Crippen molar-refractivity contribution in [3.8, 4) is 0 Å². The summed E-state index contributed by atoms with van der Waals surface area (Å²) in [5.74, 6) is -0.118. The second-order valence-corrected chi connectivity index (χ2v) is 2.28. The van der Waals surface area contributed by atoms with Gasteiger partial charge in [-0.15, -0.1) is 0 Å². The first-order valence-corrected chi connectivity index (χ1v) is 2.99. The third-order valence-electron chi connectivity index (χ3n) is 1.37. The molecule has 0 heterocycles. The summed E-state index contributed by atoms with van der Waals surface area (Å²) < 4.78 is 0. The maximum absolute atomic E-state index is 10.5. The van der Waals surface area contributed by atoms with E-state index in [-0.39, 0.29) is 24.5 Å². The van der Waals surface area contributed by atoms with Crippen LogP contribution in [-0.4, -0.2) is 24.5 Å². The van der Waals surface area contributed by atoms with Crippen LogP contribution < -0.4 is 16.8 Å². The topological polar surface area (TPSA) is 81.1 Å². The summed E-state index contributed by atoms with van der Waals surface area (Å²) in [6.45, 7) is 0.0587. The highest BCUT2D eigenvalue weighted by atomic mass is 16.1. The lowest BCUT2D eigenvalue weighted by Gasteiger charge is -1.97. The molecule has 0 saturated heterocycles. The zero-order chi connectivity index (χ0) is 6.85. The van der Waals surface area contributed by atoms with Crippen molar-refractivity contribution in [3.05, 3.63) is 0 Å². The van der Waals surface area contributed by atoms with Crippen molar-refractivity contribution >= 4 is 5.91 Å². The van der Waals surface area contributed by atoms with Gasteiger partial charge in [0.1, 0.15) is 0 Å². The van der Waals surface area contributed by atoms with Crippen LogP contribution in [-0.2, 0) is 4.79 Å². The third kappa shape index (κ3) is 1.65. The van der Waals surface area contributed by atoms with E-state index in [0.717, 1.165) is 6.42 Å². The minimum atomic E-state index is -0.118. The van der Waals surface area contributed by atoms with Gasteiger partial charge >= 0.3 is 0 Å². The van der Waals surface area contributed by atoms with Crippen LogP contribution in [0.1, 0.15) is 6.42 Å². The predicted molar refractivity (Wildman–Crippen MR) is 33.6 cm³/mol. The molecule has 1 aliphatic rings. The second-order valence-electron chi connectivity index (χ2n) is 2.28. The molecule has 9 heavy (non-hydrogen) atoms. The van der Waals surface area contributed by atoms with Crippen LogP contribution in [0.5, 0.6) is 0 Å². The van der Waals surface area contributed by atoms with E-state index in [4.69, 9.17) is 11.5 Å². The van der Waals surface area contributed by atoms with Crippen LogP contribution in [0.15, 0.2) is 0 Å². The fourth-order valence-electron chi connectivity index (χ4n) is 0.646. The maximum Gasteiger partial charge on any atom is 0.234 e. The molecule has 5 N–H and O–H groups in total. The maximum atomic E-state index is 10.5. The Morgan fingerprint density at radius 2 is 2.33 bits per heavy atom. The number of rotatable bonds is 2. The molecule has 0 spiro atoms. The number of carbonyl (C=O) groups excluding carboxylic acids is 1. The van der Waals surface area contributed by atoms with Gasteiger partial charge in [0.15, 0.2) is 0 Å². The molecule has 1 amide bonds. The summed E-state index contributed by atoms with van der Waals surface area (Å²) in [7, 11) is 0. The normalized spacial score (nSPS) is 31.8. The van der Waals surface area contributed by atoms with Crippen molar-refractivity contribution in [1.29, 1.82) is 0 Å². The Kier molecular flexibility index (Phi) is 1.68. The Balaban J connectivity index is 2.12. The number of hydrogen-bond donors (Lipinski definition) is 3. The molecule has 0 bridgehead atoms. The van der Waals surface area contributed by atoms with E-state index < -0.39 is 0 Å². The van der Waals surface area contributed by atoms with E-state index in [9.17, 15) is 4.79 Å². The first-order chi connectivity index (χ1) is 4.24.